The third-order valence-corrected chi connectivity index (χ3v) is 9.56. The number of rotatable bonds is 39. The highest BCUT2D eigenvalue weighted by molar-refractivity contribution is 7.47. The minimum Gasteiger partial charge on any atom is -0.462 e. The van der Waals surface area contributed by atoms with Crippen LogP contribution in [-0.4, -0.2) is 68.3 Å². The normalized spacial score (nSPS) is 14.4. The average molecular weight is 842 g/mol. The first kappa shape index (κ1) is 55.7. The van der Waals surface area contributed by atoms with E-state index < -0.39 is 32.5 Å². The van der Waals surface area contributed by atoms with Crippen LogP contribution in [0.5, 0.6) is 0 Å². The largest absolute Gasteiger partial charge is 0.472 e. The zero-order valence-electron chi connectivity index (χ0n) is 37.1. The lowest BCUT2D eigenvalue weighted by molar-refractivity contribution is -0.161. The molecular formula is C49H80NO8P. The molecule has 0 saturated carbocycles. The minimum atomic E-state index is -4.40. The summed E-state index contributed by atoms with van der Waals surface area (Å²) in [5.41, 5.74) is 0. The van der Waals surface area contributed by atoms with Gasteiger partial charge in [0.05, 0.1) is 13.2 Å². The smallest absolute Gasteiger partial charge is 0.462 e. The average Bonchev–Trinajstić information content (AvgIpc) is 3.20. The summed E-state index contributed by atoms with van der Waals surface area (Å²) >= 11 is 0. The molecule has 0 amide bonds. The molecular weight excluding hydrogens is 762 g/mol. The second-order valence-corrected chi connectivity index (χ2v) is 15.9. The van der Waals surface area contributed by atoms with Gasteiger partial charge in [-0.3, -0.25) is 18.6 Å². The molecule has 2 unspecified atom stereocenters. The number of likely N-dealkylation sites (N-methyl/N-ethyl adjacent to an activating group) is 1. The van der Waals surface area contributed by atoms with Gasteiger partial charge in [0, 0.05) is 19.4 Å². The Morgan fingerprint density at radius 1 is 0.542 bits per heavy atom. The molecule has 0 aromatic rings. The van der Waals surface area contributed by atoms with Crippen molar-refractivity contribution in [2.45, 2.75) is 148 Å². The maximum absolute atomic E-state index is 12.6. The molecule has 0 aromatic heterocycles. The van der Waals surface area contributed by atoms with Crippen LogP contribution in [0.1, 0.15) is 142 Å². The fraction of sp³-hybridized carbons (Fsp3) is 0.592. The van der Waals surface area contributed by atoms with Crippen molar-refractivity contribution in [2.75, 3.05) is 40.5 Å². The zero-order valence-corrected chi connectivity index (χ0v) is 38.0. The van der Waals surface area contributed by atoms with Crippen LogP contribution in [0.4, 0.5) is 0 Å². The van der Waals surface area contributed by atoms with Crippen LogP contribution in [0.25, 0.3) is 0 Å². The van der Waals surface area contributed by atoms with Crippen LogP contribution in [0, 0.1) is 0 Å². The highest BCUT2D eigenvalue weighted by Gasteiger charge is 2.26. The molecule has 0 aliphatic carbocycles. The van der Waals surface area contributed by atoms with Crippen LogP contribution < -0.4 is 0 Å². The lowest BCUT2D eigenvalue weighted by atomic mass is 10.1. The molecule has 9 nitrogen and oxygen atoms in total. The Morgan fingerprint density at radius 2 is 1.00 bits per heavy atom. The molecule has 0 spiro atoms. The number of phosphoric ester groups is 1. The van der Waals surface area contributed by atoms with Gasteiger partial charge in [-0.2, -0.15) is 0 Å². The Labute approximate surface area is 359 Å². The Hall–Kier alpha value is -3.33. The molecule has 1 N–H and O–H groups in total. The molecule has 0 aliphatic heterocycles. The molecule has 0 fully saturated rings. The minimum absolute atomic E-state index is 0.0194. The summed E-state index contributed by atoms with van der Waals surface area (Å²) in [5, 5.41) is 0. The zero-order chi connectivity index (χ0) is 43.3. The number of allylic oxidation sites excluding steroid dienone is 18. The van der Waals surface area contributed by atoms with Gasteiger partial charge < -0.3 is 19.3 Å². The predicted molar refractivity (Wildman–Crippen MR) is 247 cm³/mol. The van der Waals surface area contributed by atoms with Gasteiger partial charge in [0.2, 0.25) is 0 Å². The quantitative estimate of drug-likeness (QED) is 0.0280. The number of hydrogen-bond donors (Lipinski definition) is 1. The third-order valence-electron chi connectivity index (χ3n) is 8.58. The first-order valence-electron chi connectivity index (χ1n) is 22.2. The van der Waals surface area contributed by atoms with Crippen molar-refractivity contribution >= 4 is 19.8 Å². The van der Waals surface area contributed by atoms with Gasteiger partial charge in [-0.25, -0.2) is 4.57 Å². The maximum Gasteiger partial charge on any atom is 0.472 e. The standard InChI is InChI=1S/C49H80NO8P/c1-5-7-9-11-13-15-17-19-21-23-24-26-27-29-31-33-35-37-39-41-48(51)55-45-47(46-57-59(53,54)56-44-43-50(3)4)58-49(52)42-40-38-36-34-32-30-28-25-22-20-18-16-14-12-10-8-6-2/h7,9,13,15,19-22,24,26,28-31,34-37,47H,5-6,8,10-12,14,16-18,23,25,27,32-33,38-46H2,1-4H3,(H,53,54)/b9-7-,15-13-,21-19-,22-20-,26-24-,30-28-,31-29-,36-34-,37-35-. The van der Waals surface area contributed by atoms with E-state index in [0.29, 0.717) is 25.8 Å². The number of carbonyl (C=O) groups excluding carboxylic acids is 2. The van der Waals surface area contributed by atoms with Gasteiger partial charge in [0.1, 0.15) is 6.61 Å². The van der Waals surface area contributed by atoms with Crippen LogP contribution in [0.3, 0.4) is 0 Å². The highest BCUT2D eigenvalue weighted by Crippen LogP contribution is 2.43. The second-order valence-electron chi connectivity index (χ2n) is 14.5. The topological polar surface area (TPSA) is 112 Å². The fourth-order valence-electron chi connectivity index (χ4n) is 5.20. The fourth-order valence-corrected chi connectivity index (χ4v) is 5.94. The van der Waals surface area contributed by atoms with E-state index in [4.69, 9.17) is 18.5 Å². The van der Waals surface area contributed by atoms with E-state index in [1.807, 2.05) is 32.3 Å². The number of phosphoric acid groups is 1. The second kappa shape index (κ2) is 42.8. The van der Waals surface area contributed by atoms with E-state index in [2.05, 4.69) is 105 Å². The van der Waals surface area contributed by atoms with Crippen molar-refractivity contribution in [3.8, 4) is 0 Å². The molecule has 0 aliphatic rings. The Kier molecular flexibility index (Phi) is 40.4. The number of ether oxygens (including phenoxy) is 2. The third kappa shape index (κ3) is 44.1. The van der Waals surface area contributed by atoms with E-state index in [1.165, 1.54) is 38.5 Å². The van der Waals surface area contributed by atoms with E-state index in [1.54, 1.807) is 4.90 Å². The van der Waals surface area contributed by atoms with Gasteiger partial charge in [-0.1, -0.05) is 155 Å². The van der Waals surface area contributed by atoms with Crippen molar-refractivity contribution < 1.29 is 37.6 Å². The van der Waals surface area contributed by atoms with Crippen LogP contribution in [-0.2, 0) is 32.7 Å². The molecule has 0 heterocycles. The van der Waals surface area contributed by atoms with Crippen LogP contribution in [0.15, 0.2) is 109 Å². The number of hydrogen-bond acceptors (Lipinski definition) is 8. The molecule has 59 heavy (non-hydrogen) atoms. The summed E-state index contributed by atoms with van der Waals surface area (Å²) in [7, 11) is -0.783. The Balaban J connectivity index is 4.51. The predicted octanol–water partition coefficient (Wildman–Crippen LogP) is 13.0. The van der Waals surface area contributed by atoms with E-state index in [9.17, 15) is 19.0 Å². The maximum atomic E-state index is 12.6. The van der Waals surface area contributed by atoms with Crippen molar-refractivity contribution in [1.29, 1.82) is 0 Å². The summed E-state index contributed by atoms with van der Waals surface area (Å²) in [6, 6.07) is 0. The molecule has 0 aromatic carbocycles. The summed E-state index contributed by atoms with van der Waals surface area (Å²) in [4.78, 5) is 37.0. The number of unbranched alkanes of at least 4 members (excludes halogenated alkanes) is 7. The van der Waals surface area contributed by atoms with Crippen molar-refractivity contribution in [1.82, 2.24) is 4.90 Å². The molecule has 0 bridgehead atoms. The molecule has 2 atom stereocenters. The lowest BCUT2D eigenvalue weighted by Gasteiger charge is -2.20. The Bertz CT molecular complexity index is 1340. The summed E-state index contributed by atoms with van der Waals surface area (Å²) < 4.78 is 33.3. The van der Waals surface area contributed by atoms with Crippen LogP contribution >= 0.6 is 7.82 Å². The SMILES string of the molecule is CC/C=C\C/C=C\C/C=C\C/C=C\C/C=C\C/C=C\CCC(=O)OCC(COP(=O)(O)OCCN(C)C)OC(=O)CCC/C=C\C/C=C\C/C=C\CCCCCCCC. The van der Waals surface area contributed by atoms with Crippen molar-refractivity contribution in [2.24, 2.45) is 0 Å². The van der Waals surface area contributed by atoms with Crippen molar-refractivity contribution in [3.63, 3.8) is 0 Å². The van der Waals surface area contributed by atoms with Gasteiger partial charge in [0.15, 0.2) is 6.10 Å². The highest BCUT2D eigenvalue weighted by atomic mass is 31.2. The van der Waals surface area contributed by atoms with Gasteiger partial charge in [-0.15, -0.1) is 0 Å². The monoisotopic (exact) mass is 842 g/mol. The first-order valence-corrected chi connectivity index (χ1v) is 23.7. The van der Waals surface area contributed by atoms with E-state index in [-0.39, 0.29) is 26.1 Å². The molecule has 0 rings (SSSR count). The Morgan fingerprint density at radius 3 is 1.51 bits per heavy atom. The van der Waals surface area contributed by atoms with Gasteiger partial charge in [0.25, 0.3) is 0 Å². The molecule has 10 heteroatoms. The van der Waals surface area contributed by atoms with Gasteiger partial charge >= 0.3 is 19.8 Å². The number of nitrogens with zero attached hydrogens (tertiary/aromatic N) is 1. The van der Waals surface area contributed by atoms with Crippen LogP contribution in [0.2, 0.25) is 0 Å². The van der Waals surface area contributed by atoms with Crippen molar-refractivity contribution in [3.05, 3.63) is 109 Å². The van der Waals surface area contributed by atoms with E-state index in [0.717, 1.165) is 57.8 Å². The summed E-state index contributed by atoms with van der Waals surface area (Å²) in [6.45, 7) is 4.03. The number of esters is 2. The number of carbonyl (C=O) groups is 2. The summed E-state index contributed by atoms with van der Waals surface area (Å²) in [6.07, 6.45) is 55.9. The molecule has 334 valence electrons. The first-order chi connectivity index (χ1) is 28.7. The molecule has 0 saturated heterocycles. The molecule has 0 radical (unpaired) electrons. The summed E-state index contributed by atoms with van der Waals surface area (Å²) in [5.74, 6) is -0.974. The van der Waals surface area contributed by atoms with Gasteiger partial charge in [-0.05, 0) is 97.6 Å². The van der Waals surface area contributed by atoms with E-state index >= 15 is 0 Å². The lowest BCUT2D eigenvalue weighted by Crippen LogP contribution is -2.29.